The molecule has 5 nitrogen and oxygen atoms in total. The Kier molecular flexibility index (Phi) is 2.55. The minimum absolute atomic E-state index is 0.229. The highest BCUT2D eigenvalue weighted by Gasteiger charge is 2.35. The monoisotopic (exact) mass is 222 g/mol. The summed E-state index contributed by atoms with van der Waals surface area (Å²) in [7, 11) is 0. The van der Waals surface area contributed by atoms with Crippen LogP contribution in [0.2, 0.25) is 0 Å². The minimum Gasteiger partial charge on any atom is -0.397 e. The highest BCUT2D eigenvalue weighted by molar-refractivity contribution is 6.17. The molecule has 0 saturated heterocycles. The molecule has 84 valence electrons. The summed E-state index contributed by atoms with van der Waals surface area (Å²) in [6.45, 7) is 1.75. The van der Waals surface area contributed by atoms with Crippen LogP contribution in [0.4, 0.5) is 15.8 Å². The first-order valence-electron chi connectivity index (χ1n) is 4.89. The molecule has 0 spiro atoms. The lowest BCUT2D eigenvalue weighted by atomic mass is 10.2. The number of hydrogen-bond donors (Lipinski definition) is 1. The molecule has 1 aliphatic rings. The molecule has 0 saturated carbocycles. The van der Waals surface area contributed by atoms with Gasteiger partial charge in [-0.15, -0.1) is 0 Å². The lowest BCUT2D eigenvalue weighted by Gasteiger charge is -2.11. The number of pyridine rings is 1. The third-order valence-corrected chi connectivity index (χ3v) is 2.30. The minimum atomic E-state index is -1.65. The average Bonchev–Trinajstić information content (AvgIpc) is 2.56. The van der Waals surface area contributed by atoms with Crippen molar-refractivity contribution in [2.45, 2.75) is 19.5 Å². The number of amides is 1. The fourth-order valence-electron chi connectivity index (χ4n) is 1.47. The maximum Gasteiger partial charge on any atom is 0.287 e. The van der Waals surface area contributed by atoms with Gasteiger partial charge < -0.3 is 5.73 Å². The van der Waals surface area contributed by atoms with Gasteiger partial charge >= 0.3 is 0 Å². The van der Waals surface area contributed by atoms with Gasteiger partial charge in [0.2, 0.25) is 6.17 Å². The van der Waals surface area contributed by atoms with Crippen LogP contribution in [0.15, 0.2) is 23.6 Å². The van der Waals surface area contributed by atoms with Crippen molar-refractivity contribution < 1.29 is 9.18 Å². The second-order valence-corrected chi connectivity index (χ2v) is 3.43. The van der Waals surface area contributed by atoms with E-state index in [0.717, 1.165) is 5.01 Å². The number of nitrogens with two attached hydrogens (primary N) is 1. The molecule has 1 aromatic heterocycles. The van der Waals surface area contributed by atoms with E-state index in [-0.39, 0.29) is 5.71 Å². The Morgan fingerprint density at radius 3 is 2.88 bits per heavy atom. The van der Waals surface area contributed by atoms with Gasteiger partial charge in [-0.1, -0.05) is 6.92 Å². The normalized spacial score (nSPS) is 20.1. The summed E-state index contributed by atoms with van der Waals surface area (Å²) in [6.07, 6.45) is 1.62. The van der Waals surface area contributed by atoms with Gasteiger partial charge in [0, 0.05) is 6.20 Å². The van der Waals surface area contributed by atoms with E-state index in [0.29, 0.717) is 17.8 Å². The SMILES string of the molecule is CCC1=NN(c2cncc(N)c2)C(=O)[C@H]1F. The molecule has 1 aliphatic heterocycles. The molecule has 16 heavy (non-hydrogen) atoms. The topological polar surface area (TPSA) is 71.6 Å². The van der Waals surface area contributed by atoms with Crippen LogP contribution in [0.25, 0.3) is 0 Å². The molecule has 0 unspecified atom stereocenters. The Morgan fingerprint density at radius 1 is 1.56 bits per heavy atom. The van der Waals surface area contributed by atoms with Crippen molar-refractivity contribution >= 4 is 23.0 Å². The van der Waals surface area contributed by atoms with Crippen molar-refractivity contribution in [3.8, 4) is 0 Å². The summed E-state index contributed by atoms with van der Waals surface area (Å²) in [5.41, 5.74) is 6.55. The summed E-state index contributed by atoms with van der Waals surface area (Å²) >= 11 is 0. The number of rotatable bonds is 2. The number of halogens is 1. The lowest BCUT2D eigenvalue weighted by Crippen LogP contribution is -2.28. The zero-order valence-electron chi connectivity index (χ0n) is 8.72. The first-order valence-corrected chi connectivity index (χ1v) is 4.89. The van der Waals surface area contributed by atoms with Crippen molar-refractivity contribution in [1.82, 2.24) is 4.98 Å². The first-order chi connectivity index (χ1) is 7.63. The van der Waals surface area contributed by atoms with Gasteiger partial charge in [-0.3, -0.25) is 9.78 Å². The number of carbonyl (C=O) groups is 1. The highest BCUT2D eigenvalue weighted by atomic mass is 19.1. The zero-order valence-corrected chi connectivity index (χ0v) is 8.72. The number of alkyl halides is 1. The summed E-state index contributed by atoms with van der Waals surface area (Å²) < 4.78 is 13.4. The molecule has 0 fully saturated rings. The van der Waals surface area contributed by atoms with E-state index in [2.05, 4.69) is 10.1 Å². The second kappa shape index (κ2) is 3.88. The van der Waals surface area contributed by atoms with Crippen LogP contribution in [0.1, 0.15) is 13.3 Å². The van der Waals surface area contributed by atoms with Gasteiger partial charge in [-0.05, 0) is 12.5 Å². The maximum atomic E-state index is 13.4. The number of hydrazone groups is 1. The predicted octanol–water partition coefficient (Wildman–Crippen LogP) is 1.11. The largest absolute Gasteiger partial charge is 0.397 e. The van der Waals surface area contributed by atoms with E-state index >= 15 is 0 Å². The Hall–Kier alpha value is -1.98. The zero-order chi connectivity index (χ0) is 11.7. The molecule has 0 bridgehead atoms. The van der Waals surface area contributed by atoms with E-state index in [1.807, 2.05) is 0 Å². The van der Waals surface area contributed by atoms with Crippen LogP contribution in [-0.2, 0) is 4.79 Å². The number of nitrogen functional groups attached to an aromatic ring is 1. The van der Waals surface area contributed by atoms with Crippen LogP contribution < -0.4 is 10.7 Å². The second-order valence-electron chi connectivity index (χ2n) is 3.43. The van der Waals surface area contributed by atoms with Gasteiger partial charge in [0.1, 0.15) is 0 Å². The van der Waals surface area contributed by atoms with E-state index in [1.54, 1.807) is 6.92 Å². The van der Waals surface area contributed by atoms with E-state index < -0.39 is 12.1 Å². The standard InChI is InChI=1S/C10H11FN4O/c1-2-8-9(11)10(16)15(14-8)7-3-6(12)4-13-5-7/h3-5,9H,2,12H2,1H3/t9-/m0/s1. The number of aromatic nitrogens is 1. The van der Waals surface area contributed by atoms with Crippen LogP contribution in [0.5, 0.6) is 0 Å². The molecule has 0 aliphatic carbocycles. The van der Waals surface area contributed by atoms with Gasteiger partial charge in [0.05, 0.1) is 23.3 Å². The first kappa shape index (κ1) is 10.5. The van der Waals surface area contributed by atoms with Crippen molar-refractivity contribution in [2.75, 3.05) is 10.7 Å². The Bertz CT molecular complexity index is 460. The Labute approximate surface area is 91.8 Å². The average molecular weight is 222 g/mol. The van der Waals surface area contributed by atoms with Gasteiger partial charge in [-0.2, -0.15) is 10.1 Å². The van der Waals surface area contributed by atoms with Crippen molar-refractivity contribution in [3.63, 3.8) is 0 Å². The van der Waals surface area contributed by atoms with Gasteiger partial charge in [-0.25, -0.2) is 4.39 Å². The fourth-order valence-corrected chi connectivity index (χ4v) is 1.47. The van der Waals surface area contributed by atoms with Crippen LogP contribution in [-0.4, -0.2) is 22.8 Å². The Balaban J connectivity index is 2.36. The molecule has 2 heterocycles. The number of carbonyl (C=O) groups excluding carboxylic acids is 1. The molecule has 1 amide bonds. The molecule has 2 rings (SSSR count). The smallest absolute Gasteiger partial charge is 0.287 e. The van der Waals surface area contributed by atoms with E-state index in [1.165, 1.54) is 18.5 Å². The molecule has 1 aromatic rings. The summed E-state index contributed by atoms with van der Waals surface area (Å²) in [6, 6.07) is 1.53. The summed E-state index contributed by atoms with van der Waals surface area (Å²) in [5.74, 6) is -0.691. The van der Waals surface area contributed by atoms with Crippen LogP contribution in [0, 0.1) is 0 Å². The number of hydrogen-bond acceptors (Lipinski definition) is 4. The molecular formula is C10H11FN4O. The van der Waals surface area contributed by atoms with Crippen molar-refractivity contribution in [2.24, 2.45) is 5.10 Å². The molecule has 0 radical (unpaired) electrons. The molecule has 1 atom stereocenters. The Morgan fingerprint density at radius 2 is 2.31 bits per heavy atom. The highest BCUT2D eigenvalue weighted by Crippen LogP contribution is 2.23. The lowest BCUT2D eigenvalue weighted by molar-refractivity contribution is -0.120. The third-order valence-electron chi connectivity index (χ3n) is 2.30. The van der Waals surface area contributed by atoms with Crippen molar-refractivity contribution in [3.05, 3.63) is 18.5 Å². The van der Waals surface area contributed by atoms with Crippen molar-refractivity contribution in [1.29, 1.82) is 0 Å². The summed E-state index contributed by atoms with van der Waals surface area (Å²) in [5, 5.41) is 4.92. The summed E-state index contributed by atoms with van der Waals surface area (Å²) in [4.78, 5) is 15.4. The quantitative estimate of drug-likeness (QED) is 0.814. The van der Waals surface area contributed by atoms with Gasteiger partial charge in [0.25, 0.3) is 5.91 Å². The predicted molar refractivity (Wildman–Crippen MR) is 58.8 cm³/mol. The van der Waals surface area contributed by atoms with Crippen LogP contribution >= 0.6 is 0 Å². The molecule has 0 aromatic carbocycles. The number of anilines is 2. The fraction of sp³-hybridized carbons (Fsp3) is 0.300. The van der Waals surface area contributed by atoms with E-state index in [9.17, 15) is 9.18 Å². The van der Waals surface area contributed by atoms with Crippen LogP contribution in [0.3, 0.4) is 0 Å². The van der Waals surface area contributed by atoms with E-state index in [4.69, 9.17) is 5.73 Å². The third kappa shape index (κ3) is 1.62. The van der Waals surface area contributed by atoms with Gasteiger partial charge in [0.15, 0.2) is 0 Å². The molecular weight excluding hydrogens is 211 g/mol. The molecule has 2 N–H and O–H groups in total. The number of nitrogens with zero attached hydrogens (tertiary/aromatic N) is 3. The maximum absolute atomic E-state index is 13.4. The molecule has 6 heteroatoms.